The van der Waals surface area contributed by atoms with Crippen molar-refractivity contribution in [2.24, 2.45) is 5.92 Å². The maximum atomic E-state index is 6.16. The second-order valence-corrected chi connectivity index (χ2v) is 7.11. The molecule has 2 aliphatic heterocycles. The Morgan fingerprint density at radius 2 is 1.88 bits per heavy atom. The van der Waals surface area contributed by atoms with Crippen molar-refractivity contribution >= 4 is 0 Å². The molecule has 2 fully saturated rings. The fraction of sp³-hybridized carbons (Fsp3) is 0.765. The Hall–Kier alpha value is -1.80. The minimum atomic E-state index is 0.183. The summed E-state index contributed by atoms with van der Waals surface area (Å²) < 4.78 is 16.7. The second-order valence-electron chi connectivity index (χ2n) is 7.11. The molecule has 0 spiro atoms. The van der Waals surface area contributed by atoms with Gasteiger partial charge < -0.3 is 13.8 Å². The Balaban J connectivity index is 1.37. The number of rotatable bonds is 4. The van der Waals surface area contributed by atoms with E-state index in [0.717, 1.165) is 63.6 Å². The van der Waals surface area contributed by atoms with Gasteiger partial charge in [0.05, 0.1) is 18.6 Å². The molecule has 0 radical (unpaired) electrons. The van der Waals surface area contributed by atoms with Crippen LogP contribution in [0.3, 0.4) is 0 Å². The predicted octanol–water partition coefficient (Wildman–Crippen LogP) is 2.24. The molecule has 0 unspecified atom stereocenters. The lowest BCUT2D eigenvalue weighted by molar-refractivity contribution is -0.0586. The normalized spacial score (nSPS) is 26.2. The largest absolute Gasteiger partial charge is 0.377 e. The van der Waals surface area contributed by atoms with E-state index in [1.807, 2.05) is 13.8 Å². The Morgan fingerprint density at radius 1 is 1.04 bits per heavy atom. The zero-order valence-corrected chi connectivity index (χ0v) is 14.8. The fourth-order valence-corrected chi connectivity index (χ4v) is 4.04. The van der Waals surface area contributed by atoms with Crippen LogP contribution < -0.4 is 0 Å². The molecular weight excluding hydrogens is 322 g/mol. The van der Waals surface area contributed by atoms with E-state index >= 15 is 0 Å². The van der Waals surface area contributed by atoms with E-state index in [0.29, 0.717) is 17.6 Å². The van der Waals surface area contributed by atoms with E-state index in [4.69, 9.17) is 13.8 Å². The number of aromatic nitrogens is 4. The molecule has 8 nitrogen and oxygen atoms in total. The highest BCUT2D eigenvalue weighted by atomic mass is 16.5. The number of likely N-dealkylation sites (tertiary alicyclic amines) is 1. The molecule has 0 N–H and O–H groups in total. The van der Waals surface area contributed by atoms with E-state index in [-0.39, 0.29) is 12.0 Å². The molecule has 4 rings (SSSR count). The van der Waals surface area contributed by atoms with Crippen LogP contribution in [0.1, 0.15) is 55.0 Å². The second kappa shape index (κ2) is 7.21. The minimum Gasteiger partial charge on any atom is -0.377 e. The molecule has 0 amide bonds. The molecule has 0 aliphatic carbocycles. The Bertz CT molecular complexity index is 692. The van der Waals surface area contributed by atoms with Crippen LogP contribution in [0.15, 0.2) is 9.05 Å². The third kappa shape index (κ3) is 3.74. The van der Waals surface area contributed by atoms with Gasteiger partial charge in [-0.05, 0) is 51.6 Å². The lowest BCUT2D eigenvalue weighted by Crippen LogP contribution is -2.42. The first-order chi connectivity index (χ1) is 12.2. The smallest absolute Gasteiger partial charge is 0.232 e. The summed E-state index contributed by atoms with van der Waals surface area (Å²) >= 11 is 0. The molecule has 2 saturated heterocycles. The number of hydrogen-bond acceptors (Lipinski definition) is 8. The van der Waals surface area contributed by atoms with Gasteiger partial charge in [0.1, 0.15) is 0 Å². The Kier molecular flexibility index (Phi) is 4.80. The van der Waals surface area contributed by atoms with Gasteiger partial charge in [-0.15, -0.1) is 0 Å². The molecule has 0 saturated carbocycles. The van der Waals surface area contributed by atoms with Crippen LogP contribution in [0, 0.1) is 19.8 Å². The third-order valence-corrected chi connectivity index (χ3v) is 5.26. The van der Waals surface area contributed by atoms with Gasteiger partial charge >= 0.3 is 0 Å². The third-order valence-electron chi connectivity index (χ3n) is 5.26. The topological polar surface area (TPSA) is 90.3 Å². The molecule has 0 bridgehead atoms. The first-order valence-electron chi connectivity index (χ1n) is 9.12. The molecule has 2 atom stereocenters. The molecule has 2 aliphatic rings. The quantitative estimate of drug-likeness (QED) is 0.832. The molecule has 8 heteroatoms. The monoisotopic (exact) mass is 347 g/mol. The molecule has 2 aromatic rings. The molecule has 4 heterocycles. The van der Waals surface area contributed by atoms with Gasteiger partial charge in [-0.1, -0.05) is 10.3 Å². The van der Waals surface area contributed by atoms with E-state index in [2.05, 4.69) is 25.2 Å². The van der Waals surface area contributed by atoms with Crippen molar-refractivity contribution in [3.63, 3.8) is 0 Å². The molecule has 25 heavy (non-hydrogen) atoms. The summed E-state index contributed by atoms with van der Waals surface area (Å²) in [5, 5.41) is 7.95. The van der Waals surface area contributed by atoms with Crippen LogP contribution in [-0.2, 0) is 11.3 Å². The van der Waals surface area contributed by atoms with Crippen molar-refractivity contribution in [3.8, 4) is 0 Å². The lowest BCUT2D eigenvalue weighted by atomic mass is 9.80. The molecular formula is C17H25N5O3. The van der Waals surface area contributed by atoms with Gasteiger partial charge in [0.15, 0.2) is 11.6 Å². The molecule has 2 aromatic heterocycles. The van der Waals surface area contributed by atoms with Gasteiger partial charge in [0.25, 0.3) is 0 Å². The van der Waals surface area contributed by atoms with Gasteiger partial charge in [-0.25, -0.2) is 0 Å². The summed E-state index contributed by atoms with van der Waals surface area (Å²) in [5.41, 5.74) is 0. The average Bonchev–Trinajstić information content (AvgIpc) is 3.24. The van der Waals surface area contributed by atoms with Crippen LogP contribution in [0.4, 0.5) is 0 Å². The zero-order chi connectivity index (χ0) is 17.2. The minimum absolute atomic E-state index is 0.183. The van der Waals surface area contributed by atoms with Crippen molar-refractivity contribution in [2.45, 2.75) is 58.1 Å². The number of hydrogen-bond donors (Lipinski definition) is 0. The summed E-state index contributed by atoms with van der Waals surface area (Å²) in [7, 11) is 0. The zero-order valence-electron chi connectivity index (χ0n) is 14.8. The van der Waals surface area contributed by atoms with E-state index in [9.17, 15) is 0 Å². The van der Waals surface area contributed by atoms with Gasteiger partial charge in [-0.2, -0.15) is 9.97 Å². The highest BCUT2D eigenvalue weighted by molar-refractivity contribution is 5.01. The summed E-state index contributed by atoms with van der Waals surface area (Å²) in [4.78, 5) is 11.1. The van der Waals surface area contributed by atoms with Crippen molar-refractivity contribution in [3.05, 3.63) is 23.4 Å². The number of ether oxygens (including phenoxy) is 1. The van der Waals surface area contributed by atoms with E-state index < -0.39 is 0 Å². The Morgan fingerprint density at radius 3 is 2.56 bits per heavy atom. The van der Waals surface area contributed by atoms with Crippen LogP contribution >= 0.6 is 0 Å². The maximum absolute atomic E-state index is 6.16. The van der Waals surface area contributed by atoms with Gasteiger partial charge in [0.2, 0.25) is 11.8 Å². The fourth-order valence-electron chi connectivity index (χ4n) is 4.04. The average molecular weight is 347 g/mol. The number of nitrogens with zero attached hydrogens (tertiary/aromatic N) is 5. The van der Waals surface area contributed by atoms with Gasteiger partial charge in [0, 0.05) is 13.5 Å². The summed E-state index contributed by atoms with van der Waals surface area (Å²) in [6.45, 7) is 7.31. The summed E-state index contributed by atoms with van der Waals surface area (Å²) in [6, 6.07) is 0. The van der Waals surface area contributed by atoms with E-state index in [1.54, 1.807) is 0 Å². The van der Waals surface area contributed by atoms with Crippen molar-refractivity contribution < 1.29 is 13.8 Å². The number of piperidine rings is 1. The van der Waals surface area contributed by atoms with Crippen LogP contribution in [0.25, 0.3) is 0 Å². The predicted molar refractivity (Wildman–Crippen MR) is 87.8 cm³/mol. The lowest BCUT2D eigenvalue weighted by Gasteiger charge is -2.39. The highest BCUT2D eigenvalue weighted by Gasteiger charge is 2.38. The highest BCUT2D eigenvalue weighted by Crippen LogP contribution is 2.37. The van der Waals surface area contributed by atoms with Crippen LogP contribution in [0.5, 0.6) is 0 Å². The molecule has 136 valence electrons. The molecule has 0 aromatic carbocycles. The van der Waals surface area contributed by atoms with Crippen molar-refractivity contribution in [1.29, 1.82) is 0 Å². The summed E-state index contributed by atoms with van der Waals surface area (Å²) in [6.07, 6.45) is 4.51. The van der Waals surface area contributed by atoms with Crippen molar-refractivity contribution in [1.82, 2.24) is 25.2 Å². The first-order valence-corrected chi connectivity index (χ1v) is 9.12. The van der Waals surface area contributed by atoms with Crippen molar-refractivity contribution in [2.75, 3.05) is 19.7 Å². The maximum Gasteiger partial charge on any atom is 0.232 e. The first kappa shape index (κ1) is 16.7. The van der Waals surface area contributed by atoms with Crippen LogP contribution in [0.2, 0.25) is 0 Å². The van der Waals surface area contributed by atoms with Gasteiger partial charge in [-0.3, -0.25) is 4.90 Å². The van der Waals surface area contributed by atoms with Crippen LogP contribution in [-0.4, -0.2) is 51.0 Å². The Labute approximate surface area is 146 Å². The van der Waals surface area contributed by atoms with E-state index in [1.165, 1.54) is 0 Å². The number of aryl methyl sites for hydroxylation is 2. The summed E-state index contributed by atoms with van der Waals surface area (Å²) in [5.74, 6) is 3.59. The standard InChI is InChI=1S/C17H25N5O3/c1-11-18-17(25-20-11)14-4-3-9-23-16(14)13-5-7-22(8-6-13)10-15-19-12(2)24-21-15/h13-14,16H,3-10H2,1-2H3/t14-,16+/m1/s1. The SMILES string of the molecule is Cc1noc([C@@H]2CCCO[C@H]2C2CCN(Cc3noc(C)n3)CC2)n1.